The van der Waals surface area contributed by atoms with Crippen LogP contribution in [0.4, 0.5) is 4.79 Å². The fourth-order valence-electron chi connectivity index (χ4n) is 1.64. The Morgan fingerprint density at radius 2 is 2.25 bits per heavy atom. The monoisotopic (exact) mass is 269 g/mol. The second kappa shape index (κ2) is 5.80. The number of rotatable bonds is 2. The van der Waals surface area contributed by atoms with Crippen molar-refractivity contribution in [3.8, 4) is 17.3 Å². The van der Waals surface area contributed by atoms with Crippen LogP contribution in [-0.2, 0) is 4.74 Å². The highest BCUT2D eigenvalue weighted by Gasteiger charge is 2.10. The highest BCUT2D eigenvalue weighted by molar-refractivity contribution is 5.70. The van der Waals surface area contributed by atoms with E-state index in [0.29, 0.717) is 16.8 Å². The molecule has 2 aromatic rings. The van der Waals surface area contributed by atoms with Gasteiger partial charge in [-0.1, -0.05) is 12.1 Å². The van der Waals surface area contributed by atoms with E-state index < -0.39 is 11.8 Å². The van der Waals surface area contributed by atoms with E-state index in [0.717, 1.165) is 4.57 Å². The average molecular weight is 269 g/mol. The molecule has 6 heteroatoms. The summed E-state index contributed by atoms with van der Waals surface area (Å²) in [6, 6.07) is 10.2. The number of benzene rings is 1. The van der Waals surface area contributed by atoms with Gasteiger partial charge in [-0.3, -0.25) is 0 Å². The SMILES string of the molecule is CCOC(=O)n1ccc(-c2cccc(C#N)c2)nc1=O. The maximum Gasteiger partial charge on any atom is 0.422 e. The number of carbonyl (C=O) groups is 1. The molecule has 0 fully saturated rings. The second-order valence-electron chi connectivity index (χ2n) is 3.86. The van der Waals surface area contributed by atoms with Gasteiger partial charge < -0.3 is 4.74 Å². The number of carbonyl (C=O) groups excluding carboxylic acids is 1. The molecule has 20 heavy (non-hydrogen) atoms. The van der Waals surface area contributed by atoms with Crippen molar-refractivity contribution in [1.29, 1.82) is 5.26 Å². The molecule has 0 saturated carbocycles. The summed E-state index contributed by atoms with van der Waals surface area (Å²) in [5.41, 5.74) is 0.784. The van der Waals surface area contributed by atoms with Gasteiger partial charge in [-0.25, -0.2) is 14.2 Å². The molecule has 0 radical (unpaired) electrons. The van der Waals surface area contributed by atoms with Crippen LogP contribution in [0.2, 0.25) is 0 Å². The molecular weight excluding hydrogens is 258 g/mol. The number of hydrogen-bond donors (Lipinski definition) is 0. The zero-order chi connectivity index (χ0) is 14.5. The van der Waals surface area contributed by atoms with Crippen LogP contribution in [-0.4, -0.2) is 22.3 Å². The Morgan fingerprint density at radius 1 is 1.45 bits per heavy atom. The lowest BCUT2D eigenvalue weighted by molar-refractivity contribution is 0.152. The summed E-state index contributed by atoms with van der Waals surface area (Å²) in [4.78, 5) is 27.1. The van der Waals surface area contributed by atoms with Crippen molar-refractivity contribution >= 4 is 6.09 Å². The van der Waals surface area contributed by atoms with Crippen LogP contribution in [0.1, 0.15) is 12.5 Å². The Kier molecular flexibility index (Phi) is 3.91. The summed E-state index contributed by atoms with van der Waals surface area (Å²) >= 11 is 0. The minimum Gasteiger partial charge on any atom is -0.449 e. The van der Waals surface area contributed by atoms with Crippen molar-refractivity contribution in [2.24, 2.45) is 0 Å². The number of nitriles is 1. The normalized spacial score (nSPS) is 9.80. The third kappa shape index (κ3) is 2.72. The summed E-state index contributed by atoms with van der Waals surface area (Å²) in [5, 5.41) is 8.84. The van der Waals surface area contributed by atoms with Crippen LogP contribution < -0.4 is 5.69 Å². The molecular formula is C14H11N3O3. The highest BCUT2D eigenvalue weighted by Crippen LogP contribution is 2.16. The van der Waals surface area contributed by atoms with Crippen molar-refractivity contribution in [2.75, 3.05) is 6.61 Å². The van der Waals surface area contributed by atoms with Gasteiger partial charge in [0.25, 0.3) is 0 Å². The molecule has 0 bridgehead atoms. The first-order valence-electron chi connectivity index (χ1n) is 5.93. The molecule has 0 aliphatic heterocycles. The van der Waals surface area contributed by atoms with E-state index in [1.54, 1.807) is 31.2 Å². The van der Waals surface area contributed by atoms with Crippen LogP contribution in [0, 0.1) is 11.3 Å². The van der Waals surface area contributed by atoms with Gasteiger partial charge in [-0.2, -0.15) is 10.2 Å². The van der Waals surface area contributed by atoms with Crippen molar-refractivity contribution in [3.63, 3.8) is 0 Å². The molecule has 2 rings (SSSR count). The summed E-state index contributed by atoms with van der Waals surface area (Å²) in [6.45, 7) is 1.83. The second-order valence-corrected chi connectivity index (χ2v) is 3.86. The molecule has 0 aliphatic carbocycles. The van der Waals surface area contributed by atoms with E-state index in [1.807, 2.05) is 6.07 Å². The zero-order valence-electron chi connectivity index (χ0n) is 10.7. The van der Waals surface area contributed by atoms with Crippen LogP contribution in [0.5, 0.6) is 0 Å². The smallest absolute Gasteiger partial charge is 0.422 e. The van der Waals surface area contributed by atoms with E-state index in [9.17, 15) is 9.59 Å². The lowest BCUT2D eigenvalue weighted by Crippen LogP contribution is -2.29. The first kappa shape index (κ1) is 13.5. The Balaban J connectivity index is 2.41. The predicted octanol–water partition coefficient (Wildman–Crippen LogP) is 1.79. The predicted molar refractivity (Wildman–Crippen MR) is 71.1 cm³/mol. The van der Waals surface area contributed by atoms with Gasteiger partial charge in [0.15, 0.2) is 0 Å². The maximum atomic E-state index is 11.8. The van der Waals surface area contributed by atoms with E-state index in [1.165, 1.54) is 12.3 Å². The Morgan fingerprint density at radius 3 is 2.90 bits per heavy atom. The highest BCUT2D eigenvalue weighted by atomic mass is 16.5. The Bertz CT molecular complexity index is 744. The third-order valence-electron chi connectivity index (χ3n) is 2.56. The fourth-order valence-corrected chi connectivity index (χ4v) is 1.64. The van der Waals surface area contributed by atoms with Gasteiger partial charge in [0, 0.05) is 11.8 Å². The van der Waals surface area contributed by atoms with Crippen molar-refractivity contribution < 1.29 is 9.53 Å². The Hall–Kier alpha value is -2.94. The van der Waals surface area contributed by atoms with Crippen molar-refractivity contribution in [1.82, 2.24) is 9.55 Å². The van der Waals surface area contributed by atoms with Crippen LogP contribution >= 0.6 is 0 Å². The lowest BCUT2D eigenvalue weighted by Gasteiger charge is -2.05. The number of aromatic nitrogens is 2. The van der Waals surface area contributed by atoms with Gasteiger partial charge in [0.2, 0.25) is 0 Å². The van der Waals surface area contributed by atoms with Crippen LogP contribution in [0.3, 0.4) is 0 Å². The van der Waals surface area contributed by atoms with Crippen LogP contribution in [0.25, 0.3) is 11.3 Å². The molecule has 0 N–H and O–H groups in total. The first-order valence-corrected chi connectivity index (χ1v) is 5.93. The lowest BCUT2D eigenvalue weighted by atomic mass is 10.1. The topological polar surface area (TPSA) is 85.0 Å². The molecule has 0 saturated heterocycles. The zero-order valence-corrected chi connectivity index (χ0v) is 10.7. The fraction of sp³-hybridized carbons (Fsp3) is 0.143. The summed E-state index contributed by atoms with van der Waals surface area (Å²) < 4.78 is 5.52. The minimum absolute atomic E-state index is 0.178. The summed E-state index contributed by atoms with van der Waals surface area (Å²) in [5.74, 6) is 0. The van der Waals surface area contributed by atoms with E-state index in [4.69, 9.17) is 10.00 Å². The van der Waals surface area contributed by atoms with E-state index >= 15 is 0 Å². The number of hydrogen-bond acceptors (Lipinski definition) is 5. The van der Waals surface area contributed by atoms with Gasteiger partial charge in [0.05, 0.1) is 23.9 Å². The van der Waals surface area contributed by atoms with Crippen molar-refractivity contribution in [2.45, 2.75) is 6.92 Å². The molecule has 6 nitrogen and oxygen atoms in total. The molecule has 1 heterocycles. The average Bonchev–Trinajstić information content (AvgIpc) is 2.47. The quantitative estimate of drug-likeness (QED) is 0.829. The number of ether oxygens (including phenoxy) is 1. The molecule has 1 aromatic carbocycles. The minimum atomic E-state index is -0.762. The van der Waals surface area contributed by atoms with Gasteiger partial charge in [0.1, 0.15) is 0 Å². The largest absolute Gasteiger partial charge is 0.449 e. The van der Waals surface area contributed by atoms with Gasteiger partial charge in [-0.15, -0.1) is 0 Å². The standard InChI is InChI=1S/C14H11N3O3/c1-2-20-14(19)17-7-6-12(16-13(17)18)11-5-3-4-10(8-11)9-15/h3-8H,2H2,1H3. The molecule has 0 unspecified atom stereocenters. The van der Waals surface area contributed by atoms with Gasteiger partial charge in [-0.05, 0) is 25.1 Å². The van der Waals surface area contributed by atoms with Crippen LogP contribution in [0.15, 0.2) is 41.3 Å². The van der Waals surface area contributed by atoms with Crippen molar-refractivity contribution in [3.05, 3.63) is 52.6 Å². The van der Waals surface area contributed by atoms with Gasteiger partial charge >= 0.3 is 11.8 Å². The molecule has 0 spiro atoms. The first-order chi connectivity index (χ1) is 9.65. The van der Waals surface area contributed by atoms with E-state index in [2.05, 4.69) is 4.98 Å². The molecule has 1 aromatic heterocycles. The molecule has 0 atom stereocenters. The third-order valence-corrected chi connectivity index (χ3v) is 2.56. The molecule has 0 aliphatic rings. The summed E-state index contributed by atoms with van der Waals surface area (Å²) in [6.07, 6.45) is 0.546. The van der Waals surface area contributed by atoms with E-state index in [-0.39, 0.29) is 6.61 Å². The molecule has 0 amide bonds. The maximum absolute atomic E-state index is 11.8. The summed E-state index contributed by atoms with van der Waals surface area (Å²) in [7, 11) is 0. The number of nitrogens with zero attached hydrogens (tertiary/aromatic N) is 3. The Labute approximate surface area is 114 Å². The molecule has 100 valence electrons.